The third-order valence-electron chi connectivity index (χ3n) is 2.27. The molecule has 0 spiro atoms. The van der Waals surface area contributed by atoms with Gasteiger partial charge in [0.05, 0.1) is 11.0 Å². The summed E-state index contributed by atoms with van der Waals surface area (Å²) in [6, 6.07) is 2.33. The topological polar surface area (TPSA) is 128 Å². The fourth-order valence-electron chi connectivity index (χ4n) is 1.51. The SMILES string of the molecule is O=C(O)CC(=O)Nc1cc2c(cc1[N+](=O)[O-])OCO2. The molecule has 2 N–H and O–H groups in total. The summed E-state index contributed by atoms with van der Waals surface area (Å²) >= 11 is 0. The van der Waals surface area contributed by atoms with E-state index in [2.05, 4.69) is 5.32 Å². The zero-order valence-corrected chi connectivity index (χ0v) is 9.41. The van der Waals surface area contributed by atoms with Crippen molar-refractivity contribution in [2.75, 3.05) is 12.1 Å². The van der Waals surface area contributed by atoms with Gasteiger partial charge in [0.2, 0.25) is 12.7 Å². The molecule has 0 unspecified atom stereocenters. The minimum atomic E-state index is -1.33. The van der Waals surface area contributed by atoms with Gasteiger partial charge < -0.3 is 19.9 Å². The lowest BCUT2D eigenvalue weighted by Gasteiger charge is -2.06. The Morgan fingerprint density at radius 2 is 2.00 bits per heavy atom. The molecule has 0 radical (unpaired) electrons. The van der Waals surface area contributed by atoms with Crippen LogP contribution in [0.25, 0.3) is 0 Å². The molecule has 9 nitrogen and oxygen atoms in total. The number of carbonyl (C=O) groups excluding carboxylic acids is 1. The number of carboxylic acid groups (broad SMARTS) is 1. The first-order chi connectivity index (χ1) is 8.97. The van der Waals surface area contributed by atoms with Crippen LogP contribution in [0.3, 0.4) is 0 Å². The molecule has 9 heteroatoms. The van der Waals surface area contributed by atoms with Gasteiger partial charge in [-0.1, -0.05) is 0 Å². The molecular weight excluding hydrogens is 260 g/mol. The quantitative estimate of drug-likeness (QED) is 0.468. The van der Waals surface area contributed by atoms with Crippen molar-refractivity contribution in [3.05, 3.63) is 22.2 Å². The Morgan fingerprint density at radius 3 is 2.58 bits per heavy atom. The van der Waals surface area contributed by atoms with Crippen molar-refractivity contribution in [1.82, 2.24) is 0 Å². The summed E-state index contributed by atoms with van der Waals surface area (Å²) in [5.41, 5.74) is -0.538. The number of nitrogens with one attached hydrogen (secondary N) is 1. The summed E-state index contributed by atoms with van der Waals surface area (Å²) in [5, 5.41) is 21.5. The lowest BCUT2D eigenvalue weighted by molar-refractivity contribution is -0.384. The standard InChI is InChI=1S/C10H8N2O7/c13-9(3-10(14)15)11-5-1-7-8(19-4-18-7)2-6(5)12(16)17/h1-2H,3-4H2,(H,11,13)(H,14,15). The second kappa shape index (κ2) is 4.80. The maximum Gasteiger partial charge on any atom is 0.312 e. The van der Waals surface area contributed by atoms with E-state index in [9.17, 15) is 19.7 Å². The lowest BCUT2D eigenvalue weighted by atomic mass is 10.2. The Morgan fingerprint density at radius 1 is 1.37 bits per heavy atom. The van der Waals surface area contributed by atoms with Crippen molar-refractivity contribution >= 4 is 23.3 Å². The molecule has 1 aliphatic heterocycles. The van der Waals surface area contributed by atoms with E-state index in [1.807, 2.05) is 0 Å². The van der Waals surface area contributed by atoms with Crippen molar-refractivity contribution in [2.24, 2.45) is 0 Å². The second-order valence-corrected chi connectivity index (χ2v) is 3.60. The smallest absolute Gasteiger partial charge is 0.312 e. The number of amides is 1. The minimum absolute atomic E-state index is 0.0704. The molecule has 0 aliphatic carbocycles. The number of nitro benzene ring substituents is 1. The number of nitrogens with zero attached hydrogens (tertiary/aromatic N) is 1. The summed E-state index contributed by atoms with van der Waals surface area (Å²) in [7, 11) is 0. The van der Waals surface area contributed by atoms with Crippen LogP contribution in [0.15, 0.2) is 12.1 Å². The van der Waals surface area contributed by atoms with Crippen LogP contribution in [-0.4, -0.2) is 28.7 Å². The largest absolute Gasteiger partial charge is 0.481 e. The number of nitro groups is 1. The zero-order valence-electron chi connectivity index (χ0n) is 9.41. The number of fused-ring (bicyclic) bond motifs is 1. The number of anilines is 1. The first kappa shape index (κ1) is 12.6. The van der Waals surface area contributed by atoms with Crippen molar-refractivity contribution in [2.45, 2.75) is 6.42 Å². The van der Waals surface area contributed by atoms with Gasteiger partial charge in [0.15, 0.2) is 11.5 Å². The lowest BCUT2D eigenvalue weighted by Crippen LogP contribution is -2.16. The first-order valence-electron chi connectivity index (χ1n) is 5.07. The van der Waals surface area contributed by atoms with Crippen LogP contribution < -0.4 is 14.8 Å². The summed E-state index contributed by atoms with van der Waals surface area (Å²) in [6.45, 7) is -0.0704. The fraction of sp³-hybridized carbons (Fsp3) is 0.200. The minimum Gasteiger partial charge on any atom is -0.481 e. The van der Waals surface area contributed by atoms with Crippen LogP contribution >= 0.6 is 0 Å². The fourth-order valence-corrected chi connectivity index (χ4v) is 1.51. The number of ether oxygens (including phenoxy) is 2. The van der Waals surface area contributed by atoms with Gasteiger partial charge in [-0.3, -0.25) is 19.7 Å². The molecule has 2 rings (SSSR count). The number of hydrogen-bond acceptors (Lipinski definition) is 6. The molecule has 19 heavy (non-hydrogen) atoms. The predicted octanol–water partition coefficient (Wildman–Crippen LogP) is 0.737. The molecule has 0 saturated carbocycles. The van der Waals surface area contributed by atoms with Crippen LogP contribution in [0.2, 0.25) is 0 Å². The van der Waals surface area contributed by atoms with E-state index in [1.54, 1.807) is 0 Å². The van der Waals surface area contributed by atoms with E-state index in [-0.39, 0.29) is 24.0 Å². The third-order valence-corrected chi connectivity index (χ3v) is 2.27. The Hall–Kier alpha value is -2.84. The second-order valence-electron chi connectivity index (χ2n) is 3.60. The number of carboxylic acids is 1. The summed E-state index contributed by atoms with van der Waals surface area (Å²) in [6.07, 6.45) is -0.786. The summed E-state index contributed by atoms with van der Waals surface area (Å²) in [5.74, 6) is -1.76. The highest BCUT2D eigenvalue weighted by Crippen LogP contribution is 2.40. The molecule has 1 aromatic rings. The summed E-state index contributed by atoms with van der Waals surface area (Å²) in [4.78, 5) is 31.8. The van der Waals surface area contributed by atoms with Crippen molar-refractivity contribution in [3.63, 3.8) is 0 Å². The highest BCUT2D eigenvalue weighted by molar-refractivity contribution is 6.02. The molecule has 100 valence electrons. The van der Waals surface area contributed by atoms with Crippen molar-refractivity contribution in [3.8, 4) is 11.5 Å². The average molecular weight is 268 g/mol. The zero-order chi connectivity index (χ0) is 14.0. The van der Waals surface area contributed by atoms with Crippen LogP contribution in [0.4, 0.5) is 11.4 Å². The van der Waals surface area contributed by atoms with E-state index in [0.29, 0.717) is 0 Å². The van der Waals surface area contributed by atoms with Gasteiger partial charge in [-0.2, -0.15) is 0 Å². The van der Waals surface area contributed by atoms with E-state index in [1.165, 1.54) is 6.07 Å². The molecule has 0 aromatic heterocycles. The molecule has 0 saturated heterocycles. The molecular formula is C10H8N2O7. The number of carbonyl (C=O) groups is 2. The van der Waals surface area contributed by atoms with Crippen molar-refractivity contribution in [1.29, 1.82) is 0 Å². The Bertz CT molecular complexity index is 569. The molecule has 0 bridgehead atoms. The normalized spacial score (nSPS) is 12.0. The molecule has 0 fully saturated rings. The van der Waals surface area contributed by atoms with Gasteiger partial charge in [-0.25, -0.2) is 0 Å². The van der Waals surface area contributed by atoms with E-state index in [4.69, 9.17) is 14.6 Å². The molecule has 0 atom stereocenters. The van der Waals surface area contributed by atoms with Gasteiger partial charge >= 0.3 is 5.97 Å². The van der Waals surface area contributed by atoms with Gasteiger partial charge in [0.25, 0.3) is 5.69 Å². The highest BCUT2D eigenvalue weighted by atomic mass is 16.7. The Labute approximate surface area is 105 Å². The van der Waals surface area contributed by atoms with E-state index < -0.39 is 28.9 Å². The monoisotopic (exact) mass is 268 g/mol. The first-order valence-corrected chi connectivity index (χ1v) is 5.07. The molecule has 1 heterocycles. The number of hydrogen-bond donors (Lipinski definition) is 2. The number of aliphatic carboxylic acids is 1. The maximum atomic E-state index is 11.3. The molecule has 1 aromatic carbocycles. The van der Waals surface area contributed by atoms with Crippen LogP contribution in [-0.2, 0) is 9.59 Å². The predicted molar refractivity (Wildman–Crippen MR) is 60.1 cm³/mol. The van der Waals surface area contributed by atoms with E-state index >= 15 is 0 Å². The maximum absolute atomic E-state index is 11.3. The van der Waals surface area contributed by atoms with Crippen molar-refractivity contribution < 1.29 is 29.1 Å². The van der Waals surface area contributed by atoms with E-state index in [0.717, 1.165) is 6.07 Å². The van der Waals surface area contributed by atoms with Crippen LogP contribution in [0.1, 0.15) is 6.42 Å². The van der Waals surface area contributed by atoms with Crippen LogP contribution in [0.5, 0.6) is 11.5 Å². The number of benzene rings is 1. The highest BCUT2D eigenvalue weighted by Gasteiger charge is 2.24. The van der Waals surface area contributed by atoms with Gasteiger partial charge in [-0.15, -0.1) is 0 Å². The third kappa shape index (κ3) is 2.70. The molecule has 1 amide bonds. The summed E-state index contributed by atoms with van der Waals surface area (Å²) < 4.78 is 10.0. The molecule has 1 aliphatic rings. The van der Waals surface area contributed by atoms with Gasteiger partial charge in [0, 0.05) is 6.07 Å². The van der Waals surface area contributed by atoms with Crippen LogP contribution in [0, 0.1) is 10.1 Å². The Balaban J connectivity index is 2.30. The average Bonchev–Trinajstić information content (AvgIpc) is 2.73. The Kier molecular flexibility index (Phi) is 3.19. The number of rotatable bonds is 4. The van der Waals surface area contributed by atoms with Gasteiger partial charge in [-0.05, 0) is 0 Å². The van der Waals surface area contributed by atoms with Gasteiger partial charge in [0.1, 0.15) is 12.1 Å².